The first-order valence-electron chi connectivity index (χ1n) is 7.02. The number of nitrogens with two attached hydrogens (primary N) is 1. The van der Waals surface area contributed by atoms with Crippen LogP contribution in [0.4, 0.5) is 0 Å². The fourth-order valence-corrected chi connectivity index (χ4v) is 2.47. The van der Waals surface area contributed by atoms with Gasteiger partial charge < -0.3 is 10.5 Å². The minimum absolute atomic E-state index is 0.355. The number of primary amides is 1. The molecule has 0 fully saturated rings. The van der Waals surface area contributed by atoms with E-state index in [4.69, 9.17) is 10.5 Å². The first kappa shape index (κ1) is 14.1. The third-order valence-corrected chi connectivity index (χ3v) is 3.47. The quantitative estimate of drug-likeness (QED) is 0.803. The molecule has 1 aromatic heterocycles. The van der Waals surface area contributed by atoms with Gasteiger partial charge in [-0.3, -0.25) is 9.78 Å². The van der Waals surface area contributed by atoms with E-state index in [1.807, 2.05) is 43.3 Å². The molecule has 4 heteroatoms. The Bertz CT molecular complexity index is 843. The highest BCUT2D eigenvalue weighted by Gasteiger charge is 2.10. The highest BCUT2D eigenvalue weighted by Crippen LogP contribution is 2.22. The number of amides is 1. The molecule has 0 radical (unpaired) electrons. The number of hydrogen-bond acceptors (Lipinski definition) is 3. The van der Waals surface area contributed by atoms with Gasteiger partial charge in [0.05, 0.1) is 11.1 Å². The van der Waals surface area contributed by atoms with Crippen LogP contribution < -0.4 is 10.5 Å². The van der Waals surface area contributed by atoms with Crippen LogP contribution in [0.3, 0.4) is 0 Å². The minimum Gasteiger partial charge on any atom is -0.488 e. The van der Waals surface area contributed by atoms with Crippen LogP contribution in [-0.2, 0) is 6.61 Å². The summed E-state index contributed by atoms with van der Waals surface area (Å²) in [5, 5.41) is 1.05. The van der Waals surface area contributed by atoms with Gasteiger partial charge in [-0.2, -0.15) is 0 Å². The van der Waals surface area contributed by atoms with Gasteiger partial charge in [0.2, 0.25) is 0 Å². The zero-order valence-electron chi connectivity index (χ0n) is 12.2. The maximum atomic E-state index is 11.4. The van der Waals surface area contributed by atoms with Crippen molar-refractivity contribution < 1.29 is 9.53 Å². The van der Waals surface area contributed by atoms with Crippen molar-refractivity contribution in [1.82, 2.24) is 4.98 Å². The van der Waals surface area contributed by atoms with E-state index in [-0.39, 0.29) is 0 Å². The number of hydrogen-bond donors (Lipinski definition) is 1. The minimum atomic E-state index is -0.494. The van der Waals surface area contributed by atoms with Crippen molar-refractivity contribution in [2.45, 2.75) is 13.5 Å². The average molecular weight is 292 g/mol. The van der Waals surface area contributed by atoms with E-state index >= 15 is 0 Å². The molecule has 110 valence electrons. The summed E-state index contributed by atoms with van der Waals surface area (Å²) in [5.41, 5.74) is 8.65. The van der Waals surface area contributed by atoms with Crippen molar-refractivity contribution in [1.29, 1.82) is 0 Å². The van der Waals surface area contributed by atoms with Crippen LogP contribution in [-0.4, -0.2) is 10.9 Å². The summed E-state index contributed by atoms with van der Waals surface area (Å²) in [5.74, 6) is -0.0000802. The van der Waals surface area contributed by atoms with Crippen LogP contribution in [0.2, 0.25) is 0 Å². The normalized spacial score (nSPS) is 10.6. The molecule has 0 saturated heterocycles. The number of benzene rings is 2. The van der Waals surface area contributed by atoms with E-state index in [9.17, 15) is 4.79 Å². The summed E-state index contributed by atoms with van der Waals surface area (Å²) in [6, 6.07) is 16.9. The molecule has 0 aliphatic rings. The molecule has 22 heavy (non-hydrogen) atoms. The zero-order chi connectivity index (χ0) is 15.5. The molecule has 1 amide bonds. The summed E-state index contributed by atoms with van der Waals surface area (Å²) < 4.78 is 5.82. The second kappa shape index (κ2) is 5.85. The van der Waals surface area contributed by atoms with Crippen molar-refractivity contribution >= 4 is 16.8 Å². The number of carbonyl (C=O) groups is 1. The smallest absolute Gasteiger partial charge is 0.252 e. The summed E-state index contributed by atoms with van der Waals surface area (Å²) in [7, 11) is 0. The lowest BCUT2D eigenvalue weighted by molar-refractivity contribution is 0.0996. The topological polar surface area (TPSA) is 65.2 Å². The second-order valence-electron chi connectivity index (χ2n) is 5.09. The molecule has 0 unspecified atom stereocenters. The predicted octanol–water partition coefficient (Wildman–Crippen LogP) is 3.22. The molecule has 0 atom stereocenters. The van der Waals surface area contributed by atoms with Crippen LogP contribution in [0.5, 0.6) is 5.75 Å². The number of para-hydroxylation sites is 2. The number of pyridine rings is 1. The van der Waals surface area contributed by atoms with E-state index in [2.05, 4.69) is 4.98 Å². The first-order valence-corrected chi connectivity index (χ1v) is 7.02. The molecule has 2 aromatic carbocycles. The zero-order valence-corrected chi connectivity index (χ0v) is 12.2. The number of aryl methyl sites for hydroxylation is 1. The number of ether oxygens (including phenoxy) is 1. The number of fused-ring (bicyclic) bond motifs is 1. The van der Waals surface area contributed by atoms with E-state index in [1.165, 1.54) is 0 Å². The van der Waals surface area contributed by atoms with Crippen LogP contribution in [0.1, 0.15) is 21.6 Å². The molecule has 0 saturated carbocycles. The second-order valence-corrected chi connectivity index (χ2v) is 5.09. The Kier molecular flexibility index (Phi) is 3.74. The van der Waals surface area contributed by atoms with Crippen molar-refractivity contribution in [3.05, 3.63) is 71.4 Å². The maximum absolute atomic E-state index is 11.4. The third-order valence-electron chi connectivity index (χ3n) is 3.47. The van der Waals surface area contributed by atoms with Gasteiger partial charge >= 0.3 is 0 Å². The van der Waals surface area contributed by atoms with E-state index in [0.29, 0.717) is 17.9 Å². The van der Waals surface area contributed by atoms with Crippen molar-refractivity contribution in [3.8, 4) is 5.75 Å². The fraction of sp³-hybridized carbons (Fsp3) is 0.111. The lowest BCUT2D eigenvalue weighted by atomic mass is 10.1. The van der Waals surface area contributed by atoms with Crippen LogP contribution in [0, 0.1) is 6.92 Å². The molecule has 2 N–H and O–H groups in total. The Hall–Kier alpha value is -2.88. The lowest BCUT2D eigenvalue weighted by Crippen LogP contribution is -2.13. The molecule has 0 bridgehead atoms. The highest BCUT2D eigenvalue weighted by molar-refractivity contribution is 5.95. The molecule has 3 rings (SSSR count). The number of rotatable bonds is 4. The van der Waals surface area contributed by atoms with Crippen molar-refractivity contribution in [2.75, 3.05) is 0 Å². The van der Waals surface area contributed by atoms with E-state index in [1.54, 1.807) is 18.2 Å². The number of aromatic nitrogens is 1. The molecule has 0 spiro atoms. The summed E-state index contributed by atoms with van der Waals surface area (Å²) in [6.07, 6.45) is 0. The lowest BCUT2D eigenvalue weighted by Gasteiger charge is -2.12. The Morgan fingerprint density at radius 3 is 2.68 bits per heavy atom. The molecule has 1 heterocycles. The Morgan fingerprint density at radius 1 is 1.14 bits per heavy atom. The summed E-state index contributed by atoms with van der Waals surface area (Å²) in [6.45, 7) is 2.31. The molecular formula is C18H16N2O2. The number of nitrogens with zero attached hydrogens (tertiary/aromatic N) is 1. The Labute approximate surface area is 128 Å². The standard InChI is InChI=1S/C18H16N2O2/c1-12-10-13(14-6-2-4-8-16(14)20-12)11-22-17-9-5-3-7-15(17)18(19)21/h2-10H,11H2,1H3,(H2,19,21). The number of carbonyl (C=O) groups excluding carboxylic acids is 1. The predicted molar refractivity (Wildman–Crippen MR) is 85.8 cm³/mol. The van der Waals surface area contributed by atoms with Crippen LogP contribution >= 0.6 is 0 Å². The van der Waals surface area contributed by atoms with Gasteiger partial charge in [-0.15, -0.1) is 0 Å². The Balaban J connectivity index is 1.93. The first-order chi connectivity index (χ1) is 10.6. The van der Waals surface area contributed by atoms with Crippen LogP contribution in [0.15, 0.2) is 54.6 Å². The monoisotopic (exact) mass is 292 g/mol. The highest BCUT2D eigenvalue weighted by atomic mass is 16.5. The van der Waals surface area contributed by atoms with E-state index in [0.717, 1.165) is 22.2 Å². The third kappa shape index (κ3) is 2.76. The Morgan fingerprint density at radius 2 is 1.86 bits per heavy atom. The molecule has 0 aliphatic heterocycles. The molecule has 4 nitrogen and oxygen atoms in total. The van der Waals surface area contributed by atoms with Gasteiger partial charge in [-0.05, 0) is 31.2 Å². The van der Waals surface area contributed by atoms with Gasteiger partial charge in [0.25, 0.3) is 5.91 Å². The van der Waals surface area contributed by atoms with Crippen molar-refractivity contribution in [3.63, 3.8) is 0 Å². The van der Waals surface area contributed by atoms with Gasteiger partial charge in [0.1, 0.15) is 12.4 Å². The fourth-order valence-electron chi connectivity index (χ4n) is 2.47. The SMILES string of the molecule is Cc1cc(COc2ccccc2C(N)=O)c2ccccc2n1. The largest absolute Gasteiger partial charge is 0.488 e. The van der Waals surface area contributed by atoms with Gasteiger partial charge in [-0.1, -0.05) is 30.3 Å². The maximum Gasteiger partial charge on any atom is 0.252 e. The molecule has 0 aliphatic carbocycles. The molecule has 3 aromatic rings. The van der Waals surface area contributed by atoms with Gasteiger partial charge in [0, 0.05) is 16.6 Å². The summed E-state index contributed by atoms with van der Waals surface area (Å²) in [4.78, 5) is 15.9. The molecular weight excluding hydrogens is 276 g/mol. The average Bonchev–Trinajstić information content (AvgIpc) is 2.52. The van der Waals surface area contributed by atoms with Crippen molar-refractivity contribution in [2.24, 2.45) is 5.73 Å². The van der Waals surface area contributed by atoms with Crippen LogP contribution in [0.25, 0.3) is 10.9 Å². The summed E-state index contributed by atoms with van der Waals surface area (Å²) >= 11 is 0. The van der Waals surface area contributed by atoms with Gasteiger partial charge in [-0.25, -0.2) is 0 Å². The van der Waals surface area contributed by atoms with Gasteiger partial charge in [0.15, 0.2) is 0 Å². The van der Waals surface area contributed by atoms with E-state index < -0.39 is 5.91 Å².